The molecule has 1 aliphatic rings. The SMILES string of the molecule is CNC(CCCC1CCCC1)C(C)(C)C. The summed E-state index contributed by atoms with van der Waals surface area (Å²) >= 11 is 0. The van der Waals surface area contributed by atoms with Crippen LogP contribution in [0.5, 0.6) is 0 Å². The average Bonchev–Trinajstić information content (AvgIpc) is 2.62. The van der Waals surface area contributed by atoms with E-state index in [9.17, 15) is 0 Å². The van der Waals surface area contributed by atoms with E-state index in [1.807, 2.05) is 0 Å². The molecule has 1 nitrogen and oxygen atoms in total. The second-order valence-electron chi connectivity index (χ2n) is 6.29. The van der Waals surface area contributed by atoms with E-state index in [0.29, 0.717) is 11.5 Å². The van der Waals surface area contributed by atoms with Gasteiger partial charge in [-0.2, -0.15) is 0 Å². The Hall–Kier alpha value is -0.0400. The monoisotopic (exact) mass is 211 g/mol. The van der Waals surface area contributed by atoms with Crippen LogP contribution in [0.25, 0.3) is 0 Å². The Bertz CT molecular complexity index is 163. The first-order valence-corrected chi connectivity index (χ1v) is 6.71. The van der Waals surface area contributed by atoms with E-state index in [0.717, 1.165) is 5.92 Å². The maximum atomic E-state index is 3.47. The zero-order chi connectivity index (χ0) is 11.3. The van der Waals surface area contributed by atoms with Crippen LogP contribution >= 0.6 is 0 Å². The molecule has 0 aromatic rings. The Labute approximate surface area is 96.0 Å². The molecule has 0 spiro atoms. The van der Waals surface area contributed by atoms with Crippen molar-refractivity contribution in [1.82, 2.24) is 5.32 Å². The van der Waals surface area contributed by atoms with Crippen molar-refractivity contribution in [2.75, 3.05) is 7.05 Å². The number of nitrogens with one attached hydrogen (secondary N) is 1. The molecule has 1 saturated carbocycles. The van der Waals surface area contributed by atoms with Crippen LogP contribution in [0, 0.1) is 11.3 Å². The van der Waals surface area contributed by atoms with Gasteiger partial charge in [0.1, 0.15) is 0 Å². The third kappa shape index (κ3) is 4.55. The molecule has 0 aromatic carbocycles. The highest BCUT2D eigenvalue weighted by atomic mass is 14.9. The van der Waals surface area contributed by atoms with Crippen LogP contribution in [-0.4, -0.2) is 13.1 Å². The van der Waals surface area contributed by atoms with Crippen molar-refractivity contribution in [2.45, 2.75) is 71.8 Å². The van der Waals surface area contributed by atoms with Crippen LogP contribution < -0.4 is 5.32 Å². The molecule has 1 rings (SSSR count). The zero-order valence-corrected chi connectivity index (χ0v) is 11.1. The molecule has 0 saturated heterocycles. The van der Waals surface area contributed by atoms with Gasteiger partial charge in [-0.1, -0.05) is 59.3 Å². The van der Waals surface area contributed by atoms with E-state index < -0.39 is 0 Å². The van der Waals surface area contributed by atoms with E-state index in [-0.39, 0.29) is 0 Å². The van der Waals surface area contributed by atoms with Crippen molar-refractivity contribution in [3.8, 4) is 0 Å². The number of hydrogen-bond acceptors (Lipinski definition) is 1. The van der Waals surface area contributed by atoms with E-state index >= 15 is 0 Å². The van der Waals surface area contributed by atoms with Crippen LogP contribution in [0.2, 0.25) is 0 Å². The first kappa shape index (κ1) is 13.0. The lowest BCUT2D eigenvalue weighted by Crippen LogP contribution is -2.37. The van der Waals surface area contributed by atoms with Crippen LogP contribution in [0.4, 0.5) is 0 Å². The van der Waals surface area contributed by atoms with Crippen LogP contribution in [0.3, 0.4) is 0 Å². The molecule has 90 valence electrons. The van der Waals surface area contributed by atoms with E-state index in [2.05, 4.69) is 33.1 Å². The summed E-state index contributed by atoms with van der Waals surface area (Å²) in [5.74, 6) is 1.06. The van der Waals surface area contributed by atoms with Gasteiger partial charge in [0.25, 0.3) is 0 Å². The molecule has 0 amide bonds. The molecule has 0 heterocycles. The van der Waals surface area contributed by atoms with E-state index in [4.69, 9.17) is 0 Å². The molecule has 0 aliphatic heterocycles. The largest absolute Gasteiger partial charge is 0.316 e. The predicted molar refractivity (Wildman–Crippen MR) is 68.1 cm³/mol. The summed E-state index contributed by atoms with van der Waals surface area (Å²) in [6, 6.07) is 0.680. The maximum absolute atomic E-state index is 3.47. The van der Waals surface area contributed by atoms with E-state index in [1.54, 1.807) is 0 Å². The highest BCUT2D eigenvalue weighted by Gasteiger charge is 2.23. The summed E-state index contributed by atoms with van der Waals surface area (Å²) in [6.45, 7) is 7.01. The molecule has 0 radical (unpaired) electrons. The van der Waals surface area contributed by atoms with Crippen molar-refractivity contribution in [3.05, 3.63) is 0 Å². The first-order valence-electron chi connectivity index (χ1n) is 6.71. The van der Waals surface area contributed by atoms with Crippen molar-refractivity contribution >= 4 is 0 Å². The Morgan fingerprint density at radius 2 is 1.80 bits per heavy atom. The second-order valence-corrected chi connectivity index (χ2v) is 6.29. The van der Waals surface area contributed by atoms with Gasteiger partial charge in [0.15, 0.2) is 0 Å². The minimum absolute atomic E-state index is 0.407. The summed E-state index contributed by atoms with van der Waals surface area (Å²) in [4.78, 5) is 0. The third-order valence-electron chi connectivity index (χ3n) is 3.97. The molecular weight excluding hydrogens is 182 g/mol. The summed E-state index contributed by atoms with van der Waals surface area (Å²) in [6.07, 6.45) is 10.2. The lowest BCUT2D eigenvalue weighted by Gasteiger charge is -2.30. The Morgan fingerprint density at radius 3 is 2.27 bits per heavy atom. The van der Waals surface area contributed by atoms with E-state index in [1.165, 1.54) is 44.9 Å². The molecule has 1 unspecified atom stereocenters. The van der Waals surface area contributed by atoms with Gasteiger partial charge in [-0.05, 0) is 24.8 Å². The minimum atomic E-state index is 0.407. The van der Waals surface area contributed by atoms with Crippen molar-refractivity contribution in [3.63, 3.8) is 0 Å². The minimum Gasteiger partial charge on any atom is -0.316 e. The summed E-state index contributed by atoms with van der Waals surface area (Å²) < 4.78 is 0. The quantitative estimate of drug-likeness (QED) is 0.725. The van der Waals surface area contributed by atoms with Crippen LogP contribution in [0.15, 0.2) is 0 Å². The van der Waals surface area contributed by atoms with Crippen LogP contribution in [-0.2, 0) is 0 Å². The fourth-order valence-corrected chi connectivity index (χ4v) is 2.92. The summed E-state index contributed by atoms with van der Waals surface area (Å²) in [5, 5.41) is 3.47. The zero-order valence-electron chi connectivity index (χ0n) is 11.1. The smallest absolute Gasteiger partial charge is 0.0113 e. The normalized spacial score (nSPS) is 20.8. The fourth-order valence-electron chi connectivity index (χ4n) is 2.92. The molecule has 1 aliphatic carbocycles. The van der Waals surface area contributed by atoms with Gasteiger partial charge in [0.2, 0.25) is 0 Å². The van der Waals surface area contributed by atoms with Gasteiger partial charge in [0.05, 0.1) is 0 Å². The number of hydrogen-bond donors (Lipinski definition) is 1. The molecular formula is C14H29N. The van der Waals surface area contributed by atoms with Gasteiger partial charge in [-0.15, -0.1) is 0 Å². The average molecular weight is 211 g/mol. The van der Waals surface area contributed by atoms with Crippen LogP contribution in [0.1, 0.15) is 65.7 Å². The third-order valence-corrected chi connectivity index (χ3v) is 3.97. The lowest BCUT2D eigenvalue weighted by molar-refractivity contribution is 0.257. The lowest BCUT2D eigenvalue weighted by atomic mass is 9.83. The molecule has 1 heteroatoms. The fraction of sp³-hybridized carbons (Fsp3) is 1.00. The van der Waals surface area contributed by atoms with Gasteiger partial charge >= 0.3 is 0 Å². The highest BCUT2D eigenvalue weighted by molar-refractivity contribution is 4.79. The Morgan fingerprint density at radius 1 is 1.20 bits per heavy atom. The molecule has 1 N–H and O–H groups in total. The van der Waals surface area contributed by atoms with Gasteiger partial charge in [-0.25, -0.2) is 0 Å². The molecule has 1 fully saturated rings. The summed E-state index contributed by atoms with van der Waals surface area (Å²) in [7, 11) is 2.10. The Balaban J connectivity index is 2.16. The number of rotatable bonds is 5. The van der Waals surface area contributed by atoms with Gasteiger partial charge < -0.3 is 5.32 Å². The maximum Gasteiger partial charge on any atom is 0.0113 e. The van der Waals surface area contributed by atoms with Gasteiger partial charge in [-0.3, -0.25) is 0 Å². The predicted octanol–water partition coefficient (Wildman–Crippen LogP) is 3.98. The molecule has 15 heavy (non-hydrogen) atoms. The second kappa shape index (κ2) is 5.89. The standard InChI is InChI=1S/C14H29N/c1-14(2,3)13(15-4)11-7-10-12-8-5-6-9-12/h12-13,15H,5-11H2,1-4H3. The topological polar surface area (TPSA) is 12.0 Å². The Kier molecular flexibility index (Phi) is 5.11. The van der Waals surface area contributed by atoms with Gasteiger partial charge in [0, 0.05) is 6.04 Å². The van der Waals surface area contributed by atoms with Crippen molar-refractivity contribution < 1.29 is 0 Å². The van der Waals surface area contributed by atoms with Crippen molar-refractivity contribution in [1.29, 1.82) is 0 Å². The van der Waals surface area contributed by atoms with Crippen molar-refractivity contribution in [2.24, 2.45) is 11.3 Å². The highest BCUT2D eigenvalue weighted by Crippen LogP contribution is 2.30. The molecule has 0 bridgehead atoms. The summed E-state index contributed by atoms with van der Waals surface area (Å²) in [5.41, 5.74) is 0.407. The first-order chi connectivity index (χ1) is 7.04. The molecule has 1 atom stereocenters. The molecule has 0 aromatic heterocycles.